The SMILES string of the molecule is Cc1nnc(SCC(=O)Nc2ccccc2-c2ccccc2)n1-c1ccccc1. The zero-order valence-corrected chi connectivity index (χ0v) is 16.8. The minimum Gasteiger partial charge on any atom is -0.325 e. The summed E-state index contributed by atoms with van der Waals surface area (Å²) < 4.78 is 1.95. The third-order valence-corrected chi connectivity index (χ3v) is 5.36. The van der Waals surface area contributed by atoms with Crippen LogP contribution in [0.15, 0.2) is 90.1 Å². The second kappa shape index (κ2) is 8.75. The molecule has 6 heteroatoms. The number of rotatable bonds is 6. The molecule has 3 aromatic carbocycles. The van der Waals surface area contributed by atoms with Crippen LogP contribution in [0.5, 0.6) is 0 Å². The molecule has 29 heavy (non-hydrogen) atoms. The number of aromatic nitrogens is 3. The van der Waals surface area contributed by atoms with Crippen LogP contribution in [0.2, 0.25) is 0 Å². The molecule has 1 amide bonds. The van der Waals surface area contributed by atoms with Gasteiger partial charge in [-0.05, 0) is 30.7 Å². The number of hydrogen-bond acceptors (Lipinski definition) is 4. The molecule has 4 rings (SSSR count). The monoisotopic (exact) mass is 400 g/mol. The quantitative estimate of drug-likeness (QED) is 0.464. The van der Waals surface area contributed by atoms with E-state index in [4.69, 9.17) is 0 Å². The predicted octanol–water partition coefficient (Wildman–Crippen LogP) is 4.97. The number of hydrogen-bond donors (Lipinski definition) is 1. The lowest BCUT2D eigenvalue weighted by atomic mass is 10.0. The van der Waals surface area contributed by atoms with Crippen LogP contribution in [0.25, 0.3) is 16.8 Å². The molecule has 1 heterocycles. The molecule has 5 nitrogen and oxygen atoms in total. The van der Waals surface area contributed by atoms with Gasteiger partial charge >= 0.3 is 0 Å². The third kappa shape index (κ3) is 4.38. The lowest BCUT2D eigenvalue weighted by molar-refractivity contribution is -0.113. The number of nitrogens with zero attached hydrogens (tertiary/aromatic N) is 3. The fraction of sp³-hybridized carbons (Fsp3) is 0.0870. The zero-order valence-electron chi connectivity index (χ0n) is 15.9. The molecular formula is C23H20N4OS. The first-order chi connectivity index (χ1) is 14.2. The topological polar surface area (TPSA) is 59.8 Å². The van der Waals surface area contributed by atoms with Crippen molar-refractivity contribution in [2.45, 2.75) is 12.1 Å². The first-order valence-electron chi connectivity index (χ1n) is 9.27. The van der Waals surface area contributed by atoms with E-state index in [0.717, 1.165) is 28.3 Å². The highest BCUT2D eigenvalue weighted by molar-refractivity contribution is 7.99. The van der Waals surface area contributed by atoms with Crippen molar-refractivity contribution in [3.05, 3.63) is 90.8 Å². The molecule has 0 spiro atoms. The maximum atomic E-state index is 12.6. The van der Waals surface area contributed by atoms with Gasteiger partial charge in [0.05, 0.1) is 5.75 Å². The Morgan fingerprint density at radius 1 is 0.897 bits per heavy atom. The molecular weight excluding hydrogens is 380 g/mol. The number of para-hydroxylation sites is 2. The number of benzene rings is 3. The summed E-state index contributed by atoms with van der Waals surface area (Å²) in [7, 11) is 0. The van der Waals surface area contributed by atoms with Crippen molar-refractivity contribution in [2.75, 3.05) is 11.1 Å². The average Bonchev–Trinajstić information content (AvgIpc) is 3.14. The van der Waals surface area contributed by atoms with Crippen molar-refractivity contribution in [1.29, 1.82) is 0 Å². The lowest BCUT2D eigenvalue weighted by Crippen LogP contribution is -2.15. The number of thioether (sulfide) groups is 1. The van der Waals surface area contributed by atoms with Gasteiger partial charge in [0.25, 0.3) is 0 Å². The minimum absolute atomic E-state index is 0.0846. The van der Waals surface area contributed by atoms with Gasteiger partial charge < -0.3 is 5.32 Å². The summed E-state index contributed by atoms with van der Waals surface area (Å²) in [6.07, 6.45) is 0. The van der Waals surface area contributed by atoms with Crippen LogP contribution in [-0.4, -0.2) is 26.4 Å². The van der Waals surface area contributed by atoms with Gasteiger partial charge in [-0.2, -0.15) is 0 Å². The van der Waals surface area contributed by atoms with Crippen molar-refractivity contribution in [3.8, 4) is 16.8 Å². The molecule has 4 aromatic rings. The van der Waals surface area contributed by atoms with Crippen LogP contribution in [0, 0.1) is 6.92 Å². The molecule has 0 saturated carbocycles. The normalized spacial score (nSPS) is 10.7. The summed E-state index contributed by atoms with van der Waals surface area (Å²) in [6, 6.07) is 27.7. The molecule has 0 fully saturated rings. The minimum atomic E-state index is -0.0846. The number of carbonyl (C=O) groups excluding carboxylic acids is 1. The molecule has 0 unspecified atom stereocenters. The molecule has 0 radical (unpaired) electrons. The van der Waals surface area contributed by atoms with E-state index >= 15 is 0 Å². The maximum Gasteiger partial charge on any atom is 0.234 e. The van der Waals surface area contributed by atoms with E-state index in [2.05, 4.69) is 15.5 Å². The Hall–Kier alpha value is -3.38. The van der Waals surface area contributed by atoms with Gasteiger partial charge in [-0.1, -0.05) is 78.5 Å². The molecule has 0 saturated heterocycles. The summed E-state index contributed by atoms with van der Waals surface area (Å²) in [5.74, 6) is 0.945. The Kier molecular flexibility index (Phi) is 5.72. The van der Waals surface area contributed by atoms with Crippen molar-refractivity contribution in [2.24, 2.45) is 0 Å². The maximum absolute atomic E-state index is 12.6. The highest BCUT2D eigenvalue weighted by Gasteiger charge is 2.14. The average molecular weight is 401 g/mol. The van der Waals surface area contributed by atoms with Crippen LogP contribution < -0.4 is 5.32 Å². The first-order valence-corrected chi connectivity index (χ1v) is 10.3. The summed E-state index contributed by atoms with van der Waals surface area (Å²) in [6.45, 7) is 1.90. The van der Waals surface area contributed by atoms with Gasteiger partial charge in [0.2, 0.25) is 5.91 Å². The molecule has 1 N–H and O–H groups in total. The van der Waals surface area contributed by atoms with E-state index in [1.54, 1.807) is 0 Å². The molecule has 1 aromatic heterocycles. The largest absolute Gasteiger partial charge is 0.325 e. The Morgan fingerprint density at radius 2 is 1.55 bits per heavy atom. The number of carbonyl (C=O) groups is 1. The van der Waals surface area contributed by atoms with E-state index < -0.39 is 0 Å². The van der Waals surface area contributed by atoms with Crippen LogP contribution in [-0.2, 0) is 4.79 Å². The Morgan fingerprint density at radius 3 is 2.31 bits per heavy atom. The van der Waals surface area contributed by atoms with Gasteiger partial charge in [-0.25, -0.2) is 0 Å². The van der Waals surface area contributed by atoms with Crippen molar-refractivity contribution < 1.29 is 4.79 Å². The summed E-state index contributed by atoms with van der Waals surface area (Å²) >= 11 is 1.37. The molecule has 0 aliphatic rings. The number of aryl methyl sites for hydroxylation is 1. The van der Waals surface area contributed by atoms with E-state index in [0.29, 0.717) is 5.16 Å². The Balaban J connectivity index is 1.48. The van der Waals surface area contributed by atoms with Crippen molar-refractivity contribution >= 4 is 23.4 Å². The molecule has 0 bridgehead atoms. The third-order valence-electron chi connectivity index (χ3n) is 4.43. The predicted molar refractivity (Wildman–Crippen MR) is 117 cm³/mol. The van der Waals surface area contributed by atoms with Crippen LogP contribution in [0.1, 0.15) is 5.82 Å². The van der Waals surface area contributed by atoms with E-state index in [9.17, 15) is 4.79 Å². The van der Waals surface area contributed by atoms with Gasteiger partial charge in [-0.15, -0.1) is 10.2 Å². The van der Waals surface area contributed by atoms with Gasteiger partial charge in [0.1, 0.15) is 5.82 Å². The number of nitrogens with one attached hydrogen (secondary N) is 1. The van der Waals surface area contributed by atoms with E-state index in [1.165, 1.54) is 11.8 Å². The first kappa shape index (κ1) is 19.0. The lowest BCUT2D eigenvalue weighted by Gasteiger charge is -2.11. The van der Waals surface area contributed by atoms with Crippen LogP contribution in [0.3, 0.4) is 0 Å². The van der Waals surface area contributed by atoms with Gasteiger partial charge in [-0.3, -0.25) is 9.36 Å². The van der Waals surface area contributed by atoms with Crippen LogP contribution >= 0.6 is 11.8 Å². The standard InChI is InChI=1S/C23H20N4OS/c1-17-25-26-23(27(17)19-12-6-3-7-13-19)29-16-22(28)24-21-15-9-8-14-20(21)18-10-4-2-5-11-18/h2-15H,16H2,1H3,(H,24,28). The van der Waals surface area contributed by atoms with E-state index in [1.807, 2.05) is 96.4 Å². The summed E-state index contributed by atoms with van der Waals surface area (Å²) in [5, 5.41) is 12.1. The second-order valence-corrected chi connectivity index (χ2v) is 7.39. The number of amides is 1. The number of anilines is 1. The molecule has 0 atom stereocenters. The Bertz CT molecular complexity index is 1110. The van der Waals surface area contributed by atoms with Gasteiger partial charge in [0, 0.05) is 16.9 Å². The fourth-order valence-electron chi connectivity index (χ4n) is 3.09. The summed E-state index contributed by atoms with van der Waals surface area (Å²) in [4.78, 5) is 12.6. The highest BCUT2D eigenvalue weighted by atomic mass is 32.2. The van der Waals surface area contributed by atoms with Gasteiger partial charge in [0.15, 0.2) is 5.16 Å². The molecule has 0 aliphatic carbocycles. The highest BCUT2D eigenvalue weighted by Crippen LogP contribution is 2.28. The second-order valence-electron chi connectivity index (χ2n) is 6.45. The van der Waals surface area contributed by atoms with Crippen molar-refractivity contribution in [3.63, 3.8) is 0 Å². The van der Waals surface area contributed by atoms with E-state index in [-0.39, 0.29) is 11.7 Å². The summed E-state index contributed by atoms with van der Waals surface area (Å²) in [5.41, 5.74) is 3.84. The van der Waals surface area contributed by atoms with Crippen LogP contribution in [0.4, 0.5) is 5.69 Å². The fourth-order valence-corrected chi connectivity index (χ4v) is 3.89. The smallest absolute Gasteiger partial charge is 0.234 e. The zero-order chi connectivity index (χ0) is 20.1. The Labute approximate surface area is 173 Å². The van der Waals surface area contributed by atoms with Crippen molar-refractivity contribution in [1.82, 2.24) is 14.8 Å². The molecule has 0 aliphatic heterocycles. The molecule has 144 valence electrons.